The summed E-state index contributed by atoms with van der Waals surface area (Å²) in [5, 5.41) is 8.12. The molecule has 1 rings (SSSR count). The molecule has 0 unspecified atom stereocenters. The molecule has 7 nitrogen and oxygen atoms in total. The molecule has 1 amide bonds. The highest BCUT2D eigenvalue weighted by atomic mass is 35.5. The van der Waals surface area contributed by atoms with E-state index in [0.717, 1.165) is 12.8 Å². The Bertz CT molecular complexity index is 424. The molecule has 0 radical (unpaired) electrons. The number of carbonyl (C=O) groups excluding carboxylic acids is 1. The lowest BCUT2D eigenvalue weighted by Gasteiger charge is -2.35. The monoisotopic (exact) mass is 342 g/mol. The second-order valence-corrected chi connectivity index (χ2v) is 6.95. The zero-order chi connectivity index (χ0) is 15.4. The topological polar surface area (TPSA) is 119 Å². The van der Waals surface area contributed by atoms with Crippen LogP contribution in [0.5, 0.6) is 0 Å². The Morgan fingerprint density at radius 2 is 1.76 bits per heavy atom. The molecule has 0 aliphatic carbocycles. The Morgan fingerprint density at radius 1 is 1.29 bits per heavy atom. The standard InChI is InChI=1S/C12H26N4O3S.ClH/c1-3-12(4-2,9-13)15-11(17)10-5-7-16(8-6-10)20(14,18)19;/h10H,3-9,13H2,1-2H3,(H,15,17)(H2,14,18,19);1H. The summed E-state index contributed by atoms with van der Waals surface area (Å²) in [5.74, 6) is -0.203. The van der Waals surface area contributed by atoms with Crippen LogP contribution in [0.15, 0.2) is 0 Å². The molecule has 9 heteroatoms. The third kappa shape index (κ3) is 5.37. The predicted molar refractivity (Wildman–Crippen MR) is 85.2 cm³/mol. The molecule has 0 bridgehead atoms. The smallest absolute Gasteiger partial charge is 0.276 e. The molecule has 0 aromatic carbocycles. The number of hydrogen-bond donors (Lipinski definition) is 3. The fraction of sp³-hybridized carbons (Fsp3) is 0.917. The number of rotatable bonds is 6. The van der Waals surface area contributed by atoms with Gasteiger partial charge in [-0.05, 0) is 25.7 Å². The summed E-state index contributed by atoms with van der Waals surface area (Å²) < 4.78 is 23.6. The van der Waals surface area contributed by atoms with Crippen LogP contribution >= 0.6 is 12.4 Å². The van der Waals surface area contributed by atoms with Crippen molar-refractivity contribution in [1.82, 2.24) is 9.62 Å². The first kappa shape index (κ1) is 20.6. The minimum absolute atomic E-state index is 0. The molecular weight excluding hydrogens is 316 g/mol. The van der Waals surface area contributed by atoms with Crippen LogP contribution in [0.2, 0.25) is 0 Å². The normalized spacial score (nSPS) is 18.1. The van der Waals surface area contributed by atoms with E-state index in [9.17, 15) is 13.2 Å². The van der Waals surface area contributed by atoms with E-state index >= 15 is 0 Å². The van der Waals surface area contributed by atoms with Gasteiger partial charge in [-0.1, -0.05) is 13.8 Å². The number of carbonyl (C=O) groups is 1. The molecule has 1 aliphatic rings. The first-order valence-corrected chi connectivity index (χ1v) is 8.58. The van der Waals surface area contributed by atoms with Crippen LogP contribution in [-0.4, -0.2) is 43.8 Å². The SMILES string of the molecule is CCC(CC)(CN)NC(=O)C1CCN(S(N)(=O)=O)CC1.Cl. The molecule has 5 N–H and O–H groups in total. The maximum absolute atomic E-state index is 12.3. The molecule has 0 aromatic heterocycles. The molecule has 0 aromatic rings. The van der Waals surface area contributed by atoms with Crippen LogP contribution in [0, 0.1) is 5.92 Å². The van der Waals surface area contributed by atoms with Gasteiger partial charge in [-0.2, -0.15) is 12.7 Å². The molecule has 126 valence electrons. The molecule has 21 heavy (non-hydrogen) atoms. The van der Waals surface area contributed by atoms with Crippen molar-refractivity contribution >= 4 is 28.5 Å². The zero-order valence-corrected chi connectivity index (χ0v) is 14.3. The van der Waals surface area contributed by atoms with Crippen molar-refractivity contribution in [3.63, 3.8) is 0 Å². The second-order valence-electron chi connectivity index (χ2n) is 5.40. The zero-order valence-electron chi connectivity index (χ0n) is 12.7. The Balaban J connectivity index is 0.00000400. The maximum atomic E-state index is 12.3. The van der Waals surface area contributed by atoms with Crippen molar-refractivity contribution in [3.05, 3.63) is 0 Å². The van der Waals surface area contributed by atoms with Crippen LogP contribution in [-0.2, 0) is 15.0 Å². The van der Waals surface area contributed by atoms with E-state index in [1.807, 2.05) is 13.8 Å². The van der Waals surface area contributed by atoms with Crippen molar-refractivity contribution in [2.45, 2.75) is 45.1 Å². The number of nitrogens with zero attached hydrogens (tertiary/aromatic N) is 1. The number of halogens is 1. The van der Waals surface area contributed by atoms with Crippen LogP contribution in [0.3, 0.4) is 0 Å². The number of nitrogens with two attached hydrogens (primary N) is 2. The molecule has 0 saturated carbocycles. The summed E-state index contributed by atoms with van der Waals surface area (Å²) in [6.45, 7) is 5.00. The van der Waals surface area contributed by atoms with Gasteiger partial charge in [-0.15, -0.1) is 12.4 Å². The van der Waals surface area contributed by atoms with Crippen molar-refractivity contribution in [3.8, 4) is 0 Å². The van der Waals surface area contributed by atoms with Crippen molar-refractivity contribution in [2.24, 2.45) is 16.8 Å². The lowest BCUT2D eigenvalue weighted by atomic mass is 9.90. The quantitative estimate of drug-likeness (QED) is 0.627. The number of piperidine rings is 1. The fourth-order valence-electron chi connectivity index (χ4n) is 2.50. The largest absolute Gasteiger partial charge is 0.349 e. The van der Waals surface area contributed by atoms with Gasteiger partial charge in [0.25, 0.3) is 10.2 Å². The van der Waals surface area contributed by atoms with E-state index in [2.05, 4.69) is 5.32 Å². The first-order chi connectivity index (χ1) is 9.28. The highest BCUT2D eigenvalue weighted by molar-refractivity contribution is 7.86. The molecule has 1 aliphatic heterocycles. The third-order valence-corrected chi connectivity index (χ3v) is 5.40. The highest BCUT2D eigenvalue weighted by Gasteiger charge is 2.33. The van der Waals surface area contributed by atoms with Gasteiger partial charge < -0.3 is 11.1 Å². The Kier molecular flexibility index (Phi) is 8.12. The Hall–Kier alpha value is -0.410. The molecule has 0 spiro atoms. The van der Waals surface area contributed by atoms with E-state index in [-0.39, 0.29) is 29.8 Å². The highest BCUT2D eigenvalue weighted by Crippen LogP contribution is 2.21. The van der Waals surface area contributed by atoms with Gasteiger partial charge in [-0.3, -0.25) is 4.79 Å². The number of hydrogen-bond acceptors (Lipinski definition) is 4. The molecule has 0 atom stereocenters. The van der Waals surface area contributed by atoms with Crippen LogP contribution in [0.25, 0.3) is 0 Å². The van der Waals surface area contributed by atoms with Gasteiger partial charge in [0.2, 0.25) is 5.91 Å². The van der Waals surface area contributed by atoms with Crippen molar-refractivity contribution < 1.29 is 13.2 Å². The second kappa shape index (κ2) is 8.28. The van der Waals surface area contributed by atoms with Gasteiger partial charge in [0, 0.05) is 25.6 Å². The fourth-order valence-corrected chi connectivity index (χ4v) is 3.22. The van der Waals surface area contributed by atoms with Crippen molar-refractivity contribution in [2.75, 3.05) is 19.6 Å². The van der Waals surface area contributed by atoms with Crippen LogP contribution in [0.1, 0.15) is 39.5 Å². The van der Waals surface area contributed by atoms with Gasteiger partial charge >= 0.3 is 0 Å². The average Bonchev–Trinajstić information content (AvgIpc) is 2.44. The van der Waals surface area contributed by atoms with Gasteiger partial charge in [0.15, 0.2) is 0 Å². The summed E-state index contributed by atoms with van der Waals surface area (Å²) in [7, 11) is -3.64. The van der Waals surface area contributed by atoms with E-state index in [1.54, 1.807) is 0 Å². The minimum Gasteiger partial charge on any atom is -0.349 e. The van der Waals surface area contributed by atoms with Gasteiger partial charge in [0.1, 0.15) is 0 Å². The van der Waals surface area contributed by atoms with Crippen LogP contribution < -0.4 is 16.2 Å². The van der Waals surface area contributed by atoms with E-state index in [4.69, 9.17) is 10.9 Å². The molecular formula is C12H27ClN4O3S. The van der Waals surface area contributed by atoms with Gasteiger partial charge in [0.05, 0.1) is 5.54 Å². The summed E-state index contributed by atoms with van der Waals surface area (Å²) in [4.78, 5) is 12.3. The maximum Gasteiger partial charge on any atom is 0.276 e. The lowest BCUT2D eigenvalue weighted by Crippen LogP contribution is -2.55. The summed E-state index contributed by atoms with van der Waals surface area (Å²) >= 11 is 0. The average molecular weight is 343 g/mol. The van der Waals surface area contributed by atoms with Crippen LogP contribution in [0.4, 0.5) is 0 Å². The molecule has 1 fully saturated rings. The van der Waals surface area contributed by atoms with E-state index in [0.29, 0.717) is 32.5 Å². The Labute approximate surface area is 133 Å². The first-order valence-electron chi connectivity index (χ1n) is 7.08. The van der Waals surface area contributed by atoms with Crippen molar-refractivity contribution in [1.29, 1.82) is 0 Å². The summed E-state index contributed by atoms with van der Waals surface area (Å²) in [6.07, 6.45) is 2.55. The summed E-state index contributed by atoms with van der Waals surface area (Å²) in [6, 6.07) is 0. The van der Waals surface area contributed by atoms with E-state index in [1.165, 1.54) is 4.31 Å². The Morgan fingerprint density at radius 3 is 2.10 bits per heavy atom. The van der Waals surface area contributed by atoms with E-state index < -0.39 is 10.2 Å². The molecule has 1 saturated heterocycles. The number of amides is 1. The van der Waals surface area contributed by atoms with Gasteiger partial charge in [-0.25, -0.2) is 5.14 Å². The summed E-state index contributed by atoms with van der Waals surface area (Å²) in [5.41, 5.74) is 5.41. The molecule has 1 heterocycles. The third-order valence-electron chi connectivity index (χ3n) is 4.32. The minimum atomic E-state index is -3.64. The number of nitrogens with one attached hydrogen (secondary N) is 1. The lowest BCUT2D eigenvalue weighted by molar-refractivity contribution is -0.128. The predicted octanol–water partition coefficient (Wildman–Crippen LogP) is -0.0426.